The molecule has 1 heterocycles. The van der Waals surface area contributed by atoms with Crippen molar-refractivity contribution in [1.82, 2.24) is 10.2 Å². The monoisotopic (exact) mass is 168 g/mol. The summed E-state index contributed by atoms with van der Waals surface area (Å²) in [5, 5.41) is 8.70. The minimum Gasteiger partial charge on any atom is -0.158 e. The zero-order chi connectivity index (χ0) is 7.84. The van der Waals surface area contributed by atoms with Crippen molar-refractivity contribution in [3.05, 3.63) is 22.5 Å². The summed E-state index contributed by atoms with van der Waals surface area (Å²) < 4.78 is 0. The average Bonchev–Trinajstić information content (AvgIpc) is 2.77. The molecule has 2 rings (SSSR count). The topological polar surface area (TPSA) is 25.8 Å². The molecular weight excluding hydrogens is 160 g/mol. The molecule has 0 aliphatic heterocycles. The Morgan fingerprint density at radius 1 is 1.55 bits per heavy atom. The SMILES string of the molecule is Cc1cnnc(C2CC2)c1Cl. The number of halogens is 1. The van der Waals surface area contributed by atoms with Crippen molar-refractivity contribution in [3.8, 4) is 0 Å². The van der Waals surface area contributed by atoms with Crippen molar-refractivity contribution >= 4 is 11.6 Å². The van der Waals surface area contributed by atoms with Gasteiger partial charge in [0.2, 0.25) is 0 Å². The lowest BCUT2D eigenvalue weighted by atomic mass is 10.2. The van der Waals surface area contributed by atoms with E-state index in [-0.39, 0.29) is 0 Å². The Morgan fingerprint density at radius 3 is 2.91 bits per heavy atom. The molecule has 58 valence electrons. The van der Waals surface area contributed by atoms with Crippen LogP contribution in [-0.4, -0.2) is 10.2 Å². The Hall–Kier alpha value is -0.630. The average molecular weight is 169 g/mol. The van der Waals surface area contributed by atoms with Crippen molar-refractivity contribution in [2.45, 2.75) is 25.7 Å². The highest BCUT2D eigenvalue weighted by atomic mass is 35.5. The first-order valence-corrected chi connectivity index (χ1v) is 4.14. The van der Waals surface area contributed by atoms with Gasteiger partial charge in [-0.15, -0.1) is 0 Å². The van der Waals surface area contributed by atoms with Gasteiger partial charge >= 0.3 is 0 Å². The van der Waals surface area contributed by atoms with Crippen LogP contribution >= 0.6 is 11.6 Å². The molecule has 3 heteroatoms. The maximum absolute atomic E-state index is 6.03. The van der Waals surface area contributed by atoms with E-state index in [1.54, 1.807) is 6.20 Å². The number of hydrogen-bond donors (Lipinski definition) is 0. The third kappa shape index (κ3) is 1.23. The first-order valence-electron chi connectivity index (χ1n) is 3.76. The fraction of sp³-hybridized carbons (Fsp3) is 0.500. The highest BCUT2D eigenvalue weighted by Gasteiger charge is 2.28. The molecule has 1 aliphatic rings. The molecule has 0 atom stereocenters. The third-order valence-electron chi connectivity index (χ3n) is 1.95. The Kier molecular flexibility index (Phi) is 1.57. The van der Waals surface area contributed by atoms with Crippen LogP contribution in [0.15, 0.2) is 6.20 Å². The van der Waals surface area contributed by atoms with E-state index in [0.29, 0.717) is 5.92 Å². The van der Waals surface area contributed by atoms with Crippen LogP contribution in [-0.2, 0) is 0 Å². The van der Waals surface area contributed by atoms with Gasteiger partial charge in [0.25, 0.3) is 0 Å². The highest BCUT2D eigenvalue weighted by molar-refractivity contribution is 6.32. The minimum atomic E-state index is 0.592. The van der Waals surface area contributed by atoms with E-state index in [1.165, 1.54) is 12.8 Å². The van der Waals surface area contributed by atoms with Gasteiger partial charge in [-0.1, -0.05) is 11.6 Å². The van der Waals surface area contributed by atoms with E-state index < -0.39 is 0 Å². The summed E-state index contributed by atoms with van der Waals surface area (Å²) >= 11 is 6.03. The van der Waals surface area contributed by atoms with Gasteiger partial charge in [0.05, 0.1) is 16.9 Å². The van der Waals surface area contributed by atoms with E-state index in [9.17, 15) is 0 Å². The molecule has 0 bridgehead atoms. The fourth-order valence-corrected chi connectivity index (χ4v) is 1.34. The van der Waals surface area contributed by atoms with Gasteiger partial charge in [-0.05, 0) is 25.3 Å². The first-order chi connectivity index (χ1) is 5.29. The molecule has 1 fully saturated rings. The molecule has 0 spiro atoms. The molecule has 2 nitrogen and oxygen atoms in total. The van der Waals surface area contributed by atoms with Crippen molar-refractivity contribution in [1.29, 1.82) is 0 Å². The molecule has 1 aromatic rings. The summed E-state index contributed by atoms with van der Waals surface area (Å²) in [6.07, 6.45) is 4.14. The smallest absolute Gasteiger partial charge is 0.0850 e. The van der Waals surface area contributed by atoms with Crippen LogP contribution in [0.25, 0.3) is 0 Å². The quantitative estimate of drug-likeness (QED) is 0.643. The lowest BCUT2D eigenvalue weighted by molar-refractivity contribution is 0.901. The Labute approximate surface area is 70.6 Å². The molecule has 0 aromatic carbocycles. The van der Waals surface area contributed by atoms with E-state index in [1.807, 2.05) is 6.92 Å². The summed E-state index contributed by atoms with van der Waals surface area (Å²) in [4.78, 5) is 0. The lowest BCUT2D eigenvalue weighted by Crippen LogP contribution is -1.93. The predicted molar refractivity (Wildman–Crippen MR) is 43.8 cm³/mol. The predicted octanol–water partition coefficient (Wildman–Crippen LogP) is 2.32. The molecule has 0 N–H and O–H groups in total. The highest BCUT2D eigenvalue weighted by Crippen LogP contribution is 2.42. The first kappa shape index (κ1) is 7.04. The second-order valence-corrected chi connectivity index (χ2v) is 3.38. The van der Waals surface area contributed by atoms with Gasteiger partial charge in [-0.25, -0.2) is 0 Å². The maximum Gasteiger partial charge on any atom is 0.0850 e. The van der Waals surface area contributed by atoms with Crippen molar-refractivity contribution < 1.29 is 0 Å². The van der Waals surface area contributed by atoms with Crippen molar-refractivity contribution in [2.75, 3.05) is 0 Å². The van der Waals surface area contributed by atoms with E-state index in [2.05, 4.69) is 10.2 Å². The zero-order valence-electron chi connectivity index (χ0n) is 6.34. The summed E-state index contributed by atoms with van der Waals surface area (Å²) in [5.41, 5.74) is 2.02. The second kappa shape index (κ2) is 2.45. The minimum absolute atomic E-state index is 0.592. The van der Waals surface area contributed by atoms with Gasteiger partial charge in [-0.3, -0.25) is 0 Å². The Bertz CT molecular complexity index is 281. The molecule has 0 amide bonds. The second-order valence-electron chi connectivity index (χ2n) is 3.00. The molecule has 0 radical (unpaired) electrons. The van der Waals surface area contributed by atoms with Gasteiger partial charge in [0.1, 0.15) is 0 Å². The van der Waals surface area contributed by atoms with Gasteiger partial charge < -0.3 is 0 Å². The van der Waals surface area contributed by atoms with Crippen LogP contribution in [0.4, 0.5) is 0 Å². The van der Waals surface area contributed by atoms with Crippen molar-refractivity contribution in [3.63, 3.8) is 0 Å². The molecular formula is C8H9ClN2. The van der Waals surface area contributed by atoms with Gasteiger partial charge in [-0.2, -0.15) is 10.2 Å². The van der Waals surface area contributed by atoms with Crippen LogP contribution in [0.1, 0.15) is 30.0 Å². The van der Waals surface area contributed by atoms with Crippen LogP contribution in [0.5, 0.6) is 0 Å². The summed E-state index contributed by atoms with van der Waals surface area (Å²) in [6, 6.07) is 0. The van der Waals surface area contributed by atoms with E-state index in [0.717, 1.165) is 16.3 Å². The van der Waals surface area contributed by atoms with Gasteiger partial charge in [0.15, 0.2) is 0 Å². The van der Waals surface area contributed by atoms with E-state index >= 15 is 0 Å². The standard InChI is InChI=1S/C8H9ClN2/c1-5-4-10-11-8(7(5)9)6-2-3-6/h4,6H,2-3H2,1H3. The van der Waals surface area contributed by atoms with Crippen LogP contribution in [0.3, 0.4) is 0 Å². The van der Waals surface area contributed by atoms with Crippen LogP contribution in [0.2, 0.25) is 5.02 Å². The fourth-order valence-electron chi connectivity index (χ4n) is 1.10. The molecule has 0 saturated heterocycles. The molecule has 1 saturated carbocycles. The van der Waals surface area contributed by atoms with Crippen LogP contribution < -0.4 is 0 Å². The van der Waals surface area contributed by atoms with Gasteiger partial charge in [0, 0.05) is 5.92 Å². The van der Waals surface area contributed by atoms with Crippen molar-refractivity contribution in [2.24, 2.45) is 0 Å². The summed E-state index contributed by atoms with van der Waals surface area (Å²) in [5.74, 6) is 0.592. The lowest BCUT2D eigenvalue weighted by Gasteiger charge is -2.00. The molecule has 1 aromatic heterocycles. The summed E-state index contributed by atoms with van der Waals surface area (Å²) in [7, 11) is 0. The molecule has 11 heavy (non-hydrogen) atoms. The Balaban J connectivity index is 2.45. The summed E-state index contributed by atoms with van der Waals surface area (Å²) in [6.45, 7) is 1.96. The maximum atomic E-state index is 6.03. The third-order valence-corrected chi connectivity index (χ3v) is 2.44. The number of aromatic nitrogens is 2. The van der Waals surface area contributed by atoms with E-state index in [4.69, 9.17) is 11.6 Å². The van der Waals surface area contributed by atoms with Crippen LogP contribution in [0, 0.1) is 6.92 Å². The largest absolute Gasteiger partial charge is 0.158 e. The zero-order valence-corrected chi connectivity index (χ0v) is 7.10. The number of nitrogens with zero attached hydrogens (tertiary/aromatic N) is 2. The Morgan fingerprint density at radius 2 is 2.27 bits per heavy atom. The molecule has 0 unspecified atom stereocenters. The number of aryl methyl sites for hydroxylation is 1. The number of hydrogen-bond acceptors (Lipinski definition) is 2. The molecule has 1 aliphatic carbocycles. The normalized spacial score (nSPS) is 16.9. The number of rotatable bonds is 1.